The molecule has 0 saturated heterocycles. The lowest BCUT2D eigenvalue weighted by atomic mass is 9.87. The van der Waals surface area contributed by atoms with E-state index in [2.05, 4.69) is 25.3 Å². The molecule has 2 heterocycles. The molecule has 0 radical (unpaired) electrons. The van der Waals surface area contributed by atoms with Crippen molar-refractivity contribution in [3.8, 4) is 5.75 Å². The predicted molar refractivity (Wildman–Crippen MR) is 146 cm³/mol. The summed E-state index contributed by atoms with van der Waals surface area (Å²) in [4.78, 5) is 31.4. The molecule has 1 fully saturated rings. The molecular formula is C26H33N5O9S. The van der Waals surface area contributed by atoms with Crippen molar-refractivity contribution < 1.29 is 38.1 Å². The fraction of sp³-hybridized carbons (Fsp3) is 0.423. The highest BCUT2D eigenvalue weighted by Crippen LogP contribution is 2.48. The number of rotatable bonds is 14. The Morgan fingerprint density at radius 1 is 1.17 bits per heavy atom. The Hall–Kier alpha value is -3.92. The zero-order chi connectivity index (χ0) is 29.6. The van der Waals surface area contributed by atoms with E-state index in [1.54, 1.807) is 24.3 Å². The molecule has 41 heavy (non-hydrogen) atoms. The number of aromatic nitrogens is 2. The monoisotopic (exact) mass is 591 g/mol. The van der Waals surface area contributed by atoms with Gasteiger partial charge in [-0.05, 0) is 42.9 Å². The Bertz CT molecular complexity index is 1490. The average Bonchev–Trinajstić information content (AvgIpc) is 3.61. The number of aliphatic hydroxyl groups excluding tert-OH is 3. The van der Waals surface area contributed by atoms with Crippen molar-refractivity contribution in [3.63, 3.8) is 0 Å². The Labute approximate surface area is 235 Å². The molecule has 2 aromatic heterocycles. The first-order valence-corrected chi connectivity index (χ1v) is 14.5. The van der Waals surface area contributed by atoms with Crippen LogP contribution in [0.3, 0.4) is 0 Å². The topological polar surface area (TPSA) is 227 Å². The van der Waals surface area contributed by atoms with Crippen molar-refractivity contribution in [1.29, 1.82) is 0 Å². The number of anilines is 1. The Kier molecular flexibility index (Phi) is 9.32. The predicted octanol–water partition coefficient (Wildman–Crippen LogP) is 0.359. The minimum atomic E-state index is -3.94. The van der Waals surface area contributed by atoms with Crippen LogP contribution >= 0.6 is 0 Å². The molecule has 0 aliphatic heterocycles. The molecular weight excluding hydrogens is 558 g/mol. The van der Waals surface area contributed by atoms with Crippen LogP contribution in [0.15, 0.2) is 57.1 Å². The molecule has 1 aliphatic carbocycles. The van der Waals surface area contributed by atoms with Gasteiger partial charge in [0.1, 0.15) is 17.0 Å². The van der Waals surface area contributed by atoms with Crippen molar-refractivity contribution in [2.45, 2.75) is 42.3 Å². The maximum Gasteiger partial charge on any atom is 0.343 e. The SMILES string of the molecule is O=C(NCCCc1cc(O)c(C(c2cccc(NS(=O)(=O)c3ncc[nH]3)c2)C2CC2)c(=O)o1)NC(CO)(CO)CO. The summed E-state index contributed by atoms with van der Waals surface area (Å²) in [5, 5.41) is 43.4. The minimum absolute atomic E-state index is 0.0678. The maximum absolute atomic E-state index is 13.1. The zero-order valence-corrected chi connectivity index (χ0v) is 22.9. The maximum atomic E-state index is 13.1. The summed E-state index contributed by atoms with van der Waals surface area (Å²) < 4.78 is 33.1. The lowest BCUT2D eigenvalue weighted by Crippen LogP contribution is -2.59. The second-order valence-corrected chi connectivity index (χ2v) is 11.6. The first-order valence-electron chi connectivity index (χ1n) is 13.0. The summed E-state index contributed by atoms with van der Waals surface area (Å²) in [5.41, 5.74) is -1.26. The molecule has 1 saturated carbocycles. The van der Waals surface area contributed by atoms with Crippen LogP contribution in [0.4, 0.5) is 10.5 Å². The largest absolute Gasteiger partial charge is 0.507 e. The van der Waals surface area contributed by atoms with Gasteiger partial charge < -0.3 is 40.5 Å². The number of benzene rings is 1. The van der Waals surface area contributed by atoms with Crippen LogP contribution < -0.4 is 21.0 Å². The molecule has 8 N–H and O–H groups in total. The number of aryl methyl sites for hydroxylation is 1. The number of hydrogen-bond donors (Lipinski definition) is 8. The number of urea groups is 1. The van der Waals surface area contributed by atoms with E-state index in [0.717, 1.165) is 12.8 Å². The molecule has 15 heteroatoms. The van der Waals surface area contributed by atoms with Gasteiger partial charge in [-0.2, -0.15) is 8.42 Å². The Morgan fingerprint density at radius 2 is 1.90 bits per heavy atom. The van der Waals surface area contributed by atoms with Gasteiger partial charge in [-0.1, -0.05) is 12.1 Å². The molecule has 1 aliphatic rings. The first-order chi connectivity index (χ1) is 19.6. The van der Waals surface area contributed by atoms with Gasteiger partial charge in [0.15, 0.2) is 0 Å². The number of aromatic amines is 1. The molecule has 1 atom stereocenters. The number of amides is 2. The third kappa shape index (κ3) is 7.24. The van der Waals surface area contributed by atoms with Crippen molar-refractivity contribution in [1.82, 2.24) is 20.6 Å². The van der Waals surface area contributed by atoms with Gasteiger partial charge in [0, 0.05) is 43.0 Å². The number of carbonyl (C=O) groups is 1. The summed E-state index contributed by atoms with van der Waals surface area (Å²) in [6.07, 6.45) is 4.92. The second-order valence-electron chi connectivity index (χ2n) is 9.98. The van der Waals surface area contributed by atoms with Gasteiger partial charge in [-0.25, -0.2) is 14.6 Å². The molecule has 222 valence electrons. The number of sulfonamides is 1. The number of hydrogen-bond acceptors (Lipinski definition) is 10. The lowest BCUT2D eigenvalue weighted by Gasteiger charge is -2.28. The number of nitrogens with zero attached hydrogens (tertiary/aromatic N) is 1. The summed E-state index contributed by atoms with van der Waals surface area (Å²) in [5.74, 6) is -0.468. The van der Waals surface area contributed by atoms with Gasteiger partial charge in [0.2, 0.25) is 5.16 Å². The van der Waals surface area contributed by atoms with E-state index in [9.17, 15) is 38.4 Å². The molecule has 2 amide bonds. The lowest BCUT2D eigenvalue weighted by molar-refractivity contribution is 0.0493. The second kappa shape index (κ2) is 12.7. The fourth-order valence-electron chi connectivity index (χ4n) is 4.47. The van der Waals surface area contributed by atoms with Crippen molar-refractivity contribution >= 4 is 21.7 Å². The highest BCUT2D eigenvalue weighted by molar-refractivity contribution is 7.92. The van der Waals surface area contributed by atoms with E-state index in [0.29, 0.717) is 12.0 Å². The molecule has 3 aromatic rings. The number of imidazole rings is 1. The fourth-order valence-corrected chi connectivity index (χ4v) is 5.42. The van der Waals surface area contributed by atoms with Crippen LogP contribution in [0, 0.1) is 5.92 Å². The van der Waals surface area contributed by atoms with E-state index in [1.165, 1.54) is 18.5 Å². The van der Waals surface area contributed by atoms with Crippen molar-refractivity contribution in [3.05, 3.63) is 70.0 Å². The number of aromatic hydroxyl groups is 1. The van der Waals surface area contributed by atoms with Crippen LogP contribution in [-0.2, 0) is 16.4 Å². The normalized spacial score (nSPS) is 14.4. The number of aliphatic hydroxyl groups is 3. The van der Waals surface area contributed by atoms with E-state index in [4.69, 9.17) is 4.42 Å². The molecule has 1 unspecified atom stereocenters. The van der Waals surface area contributed by atoms with Gasteiger partial charge in [0.05, 0.1) is 25.4 Å². The quantitative estimate of drug-likeness (QED) is 0.120. The molecule has 0 spiro atoms. The van der Waals surface area contributed by atoms with E-state index < -0.39 is 53.0 Å². The van der Waals surface area contributed by atoms with E-state index in [1.807, 2.05) is 0 Å². The summed E-state index contributed by atoms with van der Waals surface area (Å²) in [7, 11) is -3.94. The summed E-state index contributed by atoms with van der Waals surface area (Å²) >= 11 is 0. The van der Waals surface area contributed by atoms with Crippen LogP contribution in [-0.4, -0.2) is 76.7 Å². The number of carbonyl (C=O) groups excluding carboxylic acids is 1. The highest BCUT2D eigenvalue weighted by atomic mass is 32.2. The van der Waals surface area contributed by atoms with Gasteiger partial charge in [-0.3, -0.25) is 4.72 Å². The standard InChI is InChI=1S/C26H33N5O9S/c32-13-26(14-33,15-34)30-24(37)27-8-2-5-19-12-20(35)22(23(36)40-19)21(16-6-7-16)17-3-1-4-18(11-17)31-41(38,39)25-28-9-10-29-25/h1,3-4,9-12,16,21,31-35H,2,5-8,13-15H2,(H,28,29)(H2,27,30,37). The Morgan fingerprint density at radius 3 is 2.51 bits per heavy atom. The number of nitrogens with one attached hydrogen (secondary N) is 4. The molecule has 14 nitrogen and oxygen atoms in total. The van der Waals surface area contributed by atoms with Gasteiger partial charge in [-0.15, -0.1) is 0 Å². The third-order valence-corrected chi connectivity index (χ3v) is 8.06. The van der Waals surface area contributed by atoms with Crippen LogP contribution in [0.5, 0.6) is 5.75 Å². The highest BCUT2D eigenvalue weighted by Gasteiger charge is 2.37. The Balaban J connectivity index is 1.44. The van der Waals surface area contributed by atoms with Crippen molar-refractivity contribution in [2.75, 3.05) is 31.1 Å². The molecule has 1 aromatic carbocycles. The first kappa shape index (κ1) is 30.0. The molecule has 4 rings (SSSR count). The zero-order valence-electron chi connectivity index (χ0n) is 22.0. The van der Waals surface area contributed by atoms with Crippen LogP contribution in [0.25, 0.3) is 0 Å². The van der Waals surface area contributed by atoms with Gasteiger partial charge in [0.25, 0.3) is 10.0 Å². The summed E-state index contributed by atoms with van der Waals surface area (Å²) in [6.45, 7) is -1.83. The average molecular weight is 592 g/mol. The number of H-pyrrole nitrogens is 1. The van der Waals surface area contributed by atoms with Crippen molar-refractivity contribution in [2.24, 2.45) is 5.92 Å². The van der Waals surface area contributed by atoms with E-state index >= 15 is 0 Å². The third-order valence-electron chi connectivity index (χ3n) is 6.82. The van der Waals surface area contributed by atoms with Crippen LogP contribution in [0.2, 0.25) is 0 Å². The van der Waals surface area contributed by atoms with Gasteiger partial charge >= 0.3 is 11.7 Å². The summed E-state index contributed by atoms with van der Waals surface area (Å²) in [6, 6.07) is 7.27. The van der Waals surface area contributed by atoms with E-state index in [-0.39, 0.29) is 46.8 Å². The minimum Gasteiger partial charge on any atom is -0.507 e. The smallest absolute Gasteiger partial charge is 0.343 e. The molecule has 0 bridgehead atoms. The van der Waals surface area contributed by atoms with Crippen LogP contribution in [0.1, 0.15) is 42.1 Å².